The number of esters is 2. The molecule has 0 bridgehead atoms. The van der Waals surface area contributed by atoms with Gasteiger partial charge in [0.05, 0.1) is 12.0 Å². The van der Waals surface area contributed by atoms with E-state index in [1.165, 1.54) is 0 Å². The van der Waals surface area contributed by atoms with E-state index in [9.17, 15) is 9.59 Å². The molecule has 1 aromatic heterocycles. The molecule has 3 rings (SSSR count). The van der Waals surface area contributed by atoms with Gasteiger partial charge in [0.25, 0.3) is 0 Å². The smallest absolute Gasteiger partial charge is 0.346 e. The molecule has 0 fully saturated rings. The van der Waals surface area contributed by atoms with E-state index in [0.717, 1.165) is 16.5 Å². The van der Waals surface area contributed by atoms with Crippen LogP contribution in [0.2, 0.25) is 0 Å². The van der Waals surface area contributed by atoms with Crippen molar-refractivity contribution in [3.05, 3.63) is 35.5 Å². The molecule has 0 aliphatic carbocycles. The zero-order valence-electron chi connectivity index (χ0n) is 8.45. The fourth-order valence-electron chi connectivity index (χ4n) is 2.07. The quantitative estimate of drug-likeness (QED) is 0.538. The van der Waals surface area contributed by atoms with Crippen molar-refractivity contribution in [3.63, 3.8) is 0 Å². The molecular weight excluding hydrogens is 206 g/mol. The van der Waals surface area contributed by atoms with Crippen molar-refractivity contribution in [2.75, 3.05) is 0 Å². The molecule has 0 spiro atoms. The summed E-state index contributed by atoms with van der Waals surface area (Å²) in [5.41, 5.74) is 2.36. The van der Waals surface area contributed by atoms with Crippen LogP contribution in [0.3, 0.4) is 0 Å². The number of benzene rings is 1. The number of carbonyl (C=O) groups excluding carboxylic acids is 2. The molecule has 4 nitrogen and oxygen atoms in total. The lowest BCUT2D eigenvalue weighted by Crippen LogP contribution is -2.15. The van der Waals surface area contributed by atoms with Gasteiger partial charge in [-0.15, -0.1) is 0 Å². The number of ether oxygens (including phenoxy) is 1. The molecule has 80 valence electrons. The van der Waals surface area contributed by atoms with Gasteiger partial charge in [-0.05, 0) is 24.1 Å². The van der Waals surface area contributed by atoms with Crippen LogP contribution in [0.4, 0.5) is 0 Å². The molecule has 0 unspecified atom stereocenters. The summed E-state index contributed by atoms with van der Waals surface area (Å²) in [4.78, 5) is 26.0. The summed E-state index contributed by atoms with van der Waals surface area (Å²) in [5.74, 6) is -1.02. The molecule has 0 saturated heterocycles. The fraction of sp³-hybridized carbons (Fsp3) is 0.167. The van der Waals surface area contributed by atoms with Gasteiger partial charge in [-0.3, -0.25) is 4.79 Å². The van der Waals surface area contributed by atoms with Crippen molar-refractivity contribution in [2.45, 2.75) is 12.8 Å². The van der Waals surface area contributed by atoms with Gasteiger partial charge in [-0.2, -0.15) is 0 Å². The summed E-state index contributed by atoms with van der Waals surface area (Å²) in [6.45, 7) is 0. The number of nitrogens with one attached hydrogen (secondary N) is 1. The number of H-pyrrole nitrogens is 1. The van der Waals surface area contributed by atoms with Crippen LogP contribution in [-0.2, 0) is 16.0 Å². The minimum Gasteiger partial charge on any atom is -0.389 e. The topological polar surface area (TPSA) is 59.2 Å². The van der Waals surface area contributed by atoms with Crippen molar-refractivity contribution < 1.29 is 14.3 Å². The highest BCUT2D eigenvalue weighted by Crippen LogP contribution is 2.26. The second-order valence-electron chi connectivity index (χ2n) is 3.80. The second-order valence-corrected chi connectivity index (χ2v) is 3.80. The Morgan fingerprint density at radius 1 is 1.19 bits per heavy atom. The van der Waals surface area contributed by atoms with Gasteiger partial charge < -0.3 is 9.72 Å². The van der Waals surface area contributed by atoms with Crippen LogP contribution < -0.4 is 0 Å². The summed E-state index contributed by atoms with van der Waals surface area (Å²) >= 11 is 0. The van der Waals surface area contributed by atoms with E-state index in [0.29, 0.717) is 12.0 Å². The monoisotopic (exact) mass is 215 g/mol. The molecule has 4 heteroatoms. The third-order valence-corrected chi connectivity index (χ3v) is 2.81. The van der Waals surface area contributed by atoms with E-state index in [2.05, 4.69) is 4.98 Å². The molecule has 0 amide bonds. The summed E-state index contributed by atoms with van der Waals surface area (Å²) in [6.07, 6.45) is 2.69. The Bertz CT molecular complexity index is 597. The van der Waals surface area contributed by atoms with Crippen LogP contribution in [0.25, 0.3) is 10.9 Å². The van der Waals surface area contributed by atoms with Crippen LogP contribution in [0.5, 0.6) is 0 Å². The first-order chi connectivity index (χ1) is 7.75. The lowest BCUT2D eigenvalue weighted by atomic mass is 10.0. The van der Waals surface area contributed by atoms with Crippen molar-refractivity contribution in [1.82, 2.24) is 4.98 Å². The number of rotatable bonds is 0. The third kappa shape index (κ3) is 1.23. The molecule has 0 atom stereocenters. The normalized spacial score (nSPS) is 15.8. The van der Waals surface area contributed by atoms with E-state index in [-0.39, 0.29) is 6.42 Å². The predicted molar refractivity (Wildman–Crippen MR) is 57.0 cm³/mol. The second kappa shape index (κ2) is 3.20. The molecule has 1 aliphatic heterocycles. The predicted octanol–water partition coefficient (Wildman–Crippen LogP) is 1.80. The SMILES string of the molecule is O=C1CCc2c[nH]c3cccc(c23)C(=O)O1. The molecule has 16 heavy (non-hydrogen) atoms. The summed E-state index contributed by atoms with van der Waals surface area (Å²) in [6, 6.07) is 5.35. The lowest BCUT2D eigenvalue weighted by molar-refractivity contribution is -0.137. The zero-order valence-corrected chi connectivity index (χ0v) is 8.45. The van der Waals surface area contributed by atoms with Crippen molar-refractivity contribution in [2.24, 2.45) is 0 Å². The van der Waals surface area contributed by atoms with Crippen LogP contribution in [-0.4, -0.2) is 16.9 Å². The number of cyclic esters (lactones) is 2. The molecule has 1 aliphatic rings. The van der Waals surface area contributed by atoms with E-state index >= 15 is 0 Å². The van der Waals surface area contributed by atoms with Crippen LogP contribution in [0.15, 0.2) is 24.4 Å². The van der Waals surface area contributed by atoms with E-state index in [1.807, 2.05) is 12.3 Å². The summed E-state index contributed by atoms with van der Waals surface area (Å²) < 4.78 is 4.72. The number of aromatic nitrogens is 1. The number of aryl methyl sites for hydroxylation is 1. The highest BCUT2D eigenvalue weighted by Gasteiger charge is 2.21. The maximum absolute atomic E-state index is 11.7. The average Bonchev–Trinajstić information content (AvgIpc) is 2.67. The minimum atomic E-state index is -0.559. The van der Waals surface area contributed by atoms with Crippen molar-refractivity contribution in [1.29, 1.82) is 0 Å². The summed E-state index contributed by atoms with van der Waals surface area (Å²) in [7, 11) is 0. The molecule has 0 radical (unpaired) electrons. The number of aromatic amines is 1. The molecule has 0 saturated carbocycles. The Morgan fingerprint density at radius 2 is 2.06 bits per heavy atom. The maximum atomic E-state index is 11.7. The highest BCUT2D eigenvalue weighted by molar-refractivity contribution is 6.08. The largest absolute Gasteiger partial charge is 0.389 e. The van der Waals surface area contributed by atoms with Crippen molar-refractivity contribution in [3.8, 4) is 0 Å². The maximum Gasteiger partial charge on any atom is 0.346 e. The molecule has 2 aromatic rings. The number of carbonyl (C=O) groups is 2. The van der Waals surface area contributed by atoms with Crippen LogP contribution >= 0.6 is 0 Å². The highest BCUT2D eigenvalue weighted by atomic mass is 16.6. The minimum absolute atomic E-state index is 0.243. The standard InChI is InChI=1S/C12H9NO3/c14-10-5-4-7-6-13-9-3-1-2-8(11(7)9)12(15)16-10/h1-3,6,13H,4-5H2. The Hall–Kier alpha value is -2.10. The van der Waals surface area contributed by atoms with E-state index in [4.69, 9.17) is 4.74 Å². The zero-order chi connectivity index (χ0) is 11.1. The van der Waals surface area contributed by atoms with E-state index < -0.39 is 11.9 Å². The van der Waals surface area contributed by atoms with Gasteiger partial charge in [0.2, 0.25) is 0 Å². The number of hydrogen-bond acceptors (Lipinski definition) is 3. The van der Waals surface area contributed by atoms with Gasteiger partial charge in [0.1, 0.15) is 0 Å². The third-order valence-electron chi connectivity index (χ3n) is 2.81. The molecule has 2 heterocycles. The van der Waals surface area contributed by atoms with Gasteiger partial charge in [-0.25, -0.2) is 4.79 Å². The Balaban J connectivity index is 2.32. The van der Waals surface area contributed by atoms with Gasteiger partial charge in [0.15, 0.2) is 0 Å². The van der Waals surface area contributed by atoms with Gasteiger partial charge >= 0.3 is 11.9 Å². The molecular formula is C12H9NO3. The Kier molecular flexibility index (Phi) is 1.83. The first-order valence-electron chi connectivity index (χ1n) is 5.09. The molecule has 1 aromatic carbocycles. The first kappa shape index (κ1) is 9.15. The summed E-state index contributed by atoms with van der Waals surface area (Å²) in [5, 5.41) is 0.875. The Morgan fingerprint density at radius 3 is 2.94 bits per heavy atom. The average molecular weight is 215 g/mol. The van der Waals surface area contributed by atoms with E-state index in [1.54, 1.807) is 12.1 Å². The Labute approximate surface area is 91.2 Å². The number of hydrogen-bond donors (Lipinski definition) is 1. The fourth-order valence-corrected chi connectivity index (χ4v) is 2.07. The van der Waals surface area contributed by atoms with Gasteiger partial charge in [-0.1, -0.05) is 6.07 Å². The van der Waals surface area contributed by atoms with Crippen LogP contribution in [0, 0.1) is 0 Å². The van der Waals surface area contributed by atoms with Gasteiger partial charge in [0, 0.05) is 17.1 Å². The first-order valence-corrected chi connectivity index (χ1v) is 5.09. The van der Waals surface area contributed by atoms with Crippen LogP contribution in [0.1, 0.15) is 22.3 Å². The molecule has 1 N–H and O–H groups in total. The van der Waals surface area contributed by atoms with Crippen molar-refractivity contribution >= 4 is 22.8 Å². The lowest BCUT2D eigenvalue weighted by Gasteiger charge is -2.09.